The summed E-state index contributed by atoms with van der Waals surface area (Å²) < 4.78 is 5.45. The molecule has 1 aromatic rings. The van der Waals surface area contributed by atoms with Gasteiger partial charge in [-0.15, -0.1) is 0 Å². The molecule has 7 heteroatoms. The Bertz CT molecular complexity index is 778. The van der Waals surface area contributed by atoms with Gasteiger partial charge in [-0.3, -0.25) is 14.5 Å². The number of hydrogen-bond acceptors (Lipinski definition) is 4. The third-order valence-corrected chi connectivity index (χ3v) is 5.78. The maximum atomic E-state index is 12.9. The minimum atomic E-state index is -0.833. The number of nitrogens with one attached hydrogen (secondary N) is 2. The van der Waals surface area contributed by atoms with Gasteiger partial charge in [-0.2, -0.15) is 0 Å². The molecule has 138 valence electrons. The molecule has 7 nitrogen and oxygen atoms in total. The van der Waals surface area contributed by atoms with Gasteiger partial charge in [-0.1, -0.05) is 19.8 Å². The van der Waals surface area contributed by atoms with Gasteiger partial charge in [0.15, 0.2) is 0 Å². The van der Waals surface area contributed by atoms with Crippen molar-refractivity contribution in [2.75, 3.05) is 18.5 Å². The zero-order chi connectivity index (χ0) is 18.3. The van der Waals surface area contributed by atoms with Crippen LogP contribution >= 0.6 is 0 Å². The summed E-state index contributed by atoms with van der Waals surface area (Å²) in [5.74, 6) is 0.267. The third kappa shape index (κ3) is 2.71. The van der Waals surface area contributed by atoms with Crippen molar-refractivity contribution in [3.05, 3.63) is 23.8 Å². The van der Waals surface area contributed by atoms with E-state index in [4.69, 9.17) is 4.74 Å². The Balaban J connectivity index is 1.44. The molecule has 1 spiro atoms. The minimum absolute atomic E-state index is 0.0810. The lowest BCUT2D eigenvalue weighted by Crippen LogP contribution is -2.54. The van der Waals surface area contributed by atoms with Crippen LogP contribution in [-0.4, -0.2) is 41.4 Å². The molecule has 2 fully saturated rings. The van der Waals surface area contributed by atoms with Crippen molar-refractivity contribution in [1.82, 2.24) is 10.2 Å². The topological polar surface area (TPSA) is 87.7 Å². The molecule has 2 aliphatic heterocycles. The molecule has 1 saturated carbocycles. The largest absolute Gasteiger partial charge is 0.493 e. The van der Waals surface area contributed by atoms with Crippen molar-refractivity contribution < 1.29 is 19.1 Å². The molecule has 0 aromatic heterocycles. The van der Waals surface area contributed by atoms with E-state index in [1.54, 1.807) is 6.07 Å². The fourth-order valence-electron chi connectivity index (χ4n) is 4.25. The van der Waals surface area contributed by atoms with Crippen LogP contribution in [0.25, 0.3) is 0 Å². The smallest absolute Gasteiger partial charge is 0.325 e. The number of fused-ring (bicyclic) bond motifs is 1. The molecule has 26 heavy (non-hydrogen) atoms. The molecule has 2 atom stereocenters. The molecule has 4 amide bonds. The van der Waals surface area contributed by atoms with Gasteiger partial charge < -0.3 is 15.4 Å². The zero-order valence-corrected chi connectivity index (χ0v) is 14.8. The molecule has 0 radical (unpaired) electrons. The molecule has 4 rings (SSSR count). The number of carbonyl (C=O) groups is 3. The van der Waals surface area contributed by atoms with Gasteiger partial charge in [0.05, 0.1) is 6.61 Å². The quantitative estimate of drug-likeness (QED) is 0.811. The number of amides is 4. The fourth-order valence-corrected chi connectivity index (χ4v) is 4.25. The van der Waals surface area contributed by atoms with Crippen LogP contribution in [0.15, 0.2) is 18.2 Å². The van der Waals surface area contributed by atoms with E-state index in [1.807, 2.05) is 19.1 Å². The molecule has 3 aliphatic rings. The lowest BCUT2D eigenvalue weighted by atomic mass is 9.73. The predicted octanol–water partition coefficient (Wildman–Crippen LogP) is 2.06. The summed E-state index contributed by atoms with van der Waals surface area (Å²) in [7, 11) is 0. The van der Waals surface area contributed by atoms with Crippen LogP contribution in [0.4, 0.5) is 10.5 Å². The van der Waals surface area contributed by atoms with E-state index in [0.29, 0.717) is 18.7 Å². The Morgan fingerprint density at radius 1 is 1.38 bits per heavy atom. The van der Waals surface area contributed by atoms with E-state index >= 15 is 0 Å². The number of ether oxygens (including phenoxy) is 1. The van der Waals surface area contributed by atoms with Crippen LogP contribution in [0.1, 0.15) is 38.2 Å². The highest BCUT2D eigenvalue weighted by Gasteiger charge is 2.55. The number of anilines is 1. The van der Waals surface area contributed by atoms with Crippen molar-refractivity contribution in [1.29, 1.82) is 0 Å². The van der Waals surface area contributed by atoms with Gasteiger partial charge in [0.25, 0.3) is 5.91 Å². The van der Waals surface area contributed by atoms with Gasteiger partial charge in [0.2, 0.25) is 5.91 Å². The van der Waals surface area contributed by atoms with Gasteiger partial charge >= 0.3 is 6.03 Å². The number of imide groups is 1. The van der Waals surface area contributed by atoms with Gasteiger partial charge in [0, 0.05) is 12.1 Å². The van der Waals surface area contributed by atoms with Crippen molar-refractivity contribution in [2.24, 2.45) is 5.92 Å². The summed E-state index contributed by atoms with van der Waals surface area (Å²) in [5.41, 5.74) is 0.861. The number of carbonyl (C=O) groups excluding carboxylic acids is 3. The Labute approximate surface area is 152 Å². The molecule has 1 aromatic carbocycles. The second-order valence-electron chi connectivity index (χ2n) is 7.41. The SMILES string of the molecule is C[C@H]1CCCC[C@@]12NC(=O)N(CC(=O)Nc1ccc3c(c1)CCO3)C2=O. The maximum absolute atomic E-state index is 12.9. The average Bonchev–Trinajstić information content (AvgIpc) is 3.16. The first-order valence-corrected chi connectivity index (χ1v) is 9.19. The molecule has 1 saturated heterocycles. The average molecular weight is 357 g/mol. The van der Waals surface area contributed by atoms with Crippen LogP contribution < -0.4 is 15.4 Å². The van der Waals surface area contributed by atoms with E-state index in [-0.39, 0.29) is 24.3 Å². The van der Waals surface area contributed by atoms with E-state index in [0.717, 1.165) is 41.9 Å². The molecule has 1 aliphatic carbocycles. The summed E-state index contributed by atoms with van der Waals surface area (Å²) in [6.45, 7) is 2.37. The second-order valence-corrected chi connectivity index (χ2v) is 7.41. The number of nitrogens with zero attached hydrogens (tertiary/aromatic N) is 1. The second kappa shape index (κ2) is 6.30. The molecular weight excluding hydrogens is 334 g/mol. The van der Waals surface area contributed by atoms with Crippen LogP contribution in [-0.2, 0) is 16.0 Å². The summed E-state index contributed by atoms with van der Waals surface area (Å²) in [5, 5.41) is 5.64. The number of benzene rings is 1. The maximum Gasteiger partial charge on any atom is 0.325 e. The fraction of sp³-hybridized carbons (Fsp3) is 0.526. The van der Waals surface area contributed by atoms with Crippen molar-refractivity contribution in [2.45, 2.75) is 44.6 Å². The predicted molar refractivity (Wildman–Crippen MR) is 94.9 cm³/mol. The summed E-state index contributed by atoms with van der Waals surface area (Å²) in [6.07, 6.45) is 4.33. The van der Waals surface area contributed by atoms with Gasteiger partial charge in [-0.25, -0.2) is 4.79 Å². The summed E-state index contributed by atoms with van der Waals surface area (Å²) >= 11 is 0. The molecule has 2 heterocycles. The summed E-state index contributed by atoms with van der Waals surface area (Å²) in [6, 6.07) is 4.99. The van der Waals surface area contributed by atoms with Crippen LogP contribution in [0.3, 0.4) is 0 Å². The van der Waals surface area contributed by atoms with E-state index in [2.05, 4.69) is 10.6 Å². The lowest BCUT2D eigenvalue weighted by molar-refractivity contribution is -0.136. The molecular formula is C19H23N3O4. The van der Waals surface area contributed by atoms with Gasteiger partial charge in [0.1, 0.15) is 17.8 Å². The molecule has 2 N–H and O–H groups in total. The highest BCUT2D eigenvalue weighted by atomic mass is 16.5. The first-order valence-electron chi connectivity index (χ1n) is 9.19. The third-order valence-electron chi connectivity index (χ3n) is 5.78. The zero-order valence-electron chi connectivity index (χ0n) is 14.8. The van der Waals surface area contributed by atoms with Crippen LogP contribution in [0.5, 0.6) is 5.75 Å². The first-order chi connectivity index (χ1) is 12.5. The number of urea groups is 1. The monoisotopic (exact) mass is 357 g/mol. The van der Waals surface area contributed by atoms with Crippen molar-refractivity contribution >= 4 is 23.5 Å². The minimum Gasteiger partial charge on any atom is -0.493 e. The molecule has 0 bridgehead atoms. The van der Waals surface area contributed by atoms with E-state index < -0.39 is 11.6 Å². The highest BCUT2D eigenvalue weighted by molar-refractivity contribution is 6.10. The Morgan fingerprint density at radius 2 is 2.23 bits per heavy atom. The number of hydrogen-bond donors (Lipinski definition) is 2. The normalized spacial score (nSPS) is 27.3. The van der Waals surface area contributed by atoms with E-state index in [9.17, 15) is 14.4 Å². The molecule has 0 unspecified atom stereocenters. The Kier molecular flexibility index (Phi) is 4.09. The van der Waals surface area contributed by atoms with Gasteiger partial charge in [-0.05, 0) is 42.5 Å². The van der Waals surface area contributed by atoms with Crippen LogP contribution in [0, 0.1) is 5.92 Å². The lowest BCUT2D eigenvalue weighted by Gasteiger charge is -2.36. The number of rotatable bonds is 3. The van der Waals surface area contributed by atoms with Crippen molar-refractivity contribution in [3.8, 4) is 5.75 Å². The highest BCUT2D eigenvalue weighted by Crippen LogP contribution is 2.38. The van der Waals surface area contributed by atoms with Crippen LogP contribution in [0.2, 0.25) is 0 Å². The Morgan fingerprint density at radius 3 is 3.04 bits per heavy atom. The standard InChI is InChI=1S/C19H23N3O4/c1-12-4-2-3-8-19(12)17(24)22(18(25)21-19)11-16(23)20-14-5-6-15-13(10-14)7-9-26-15/h5-6,10,12H,2-4,7-9,11H2,1H3,(H,20,23)(H,21,25)/t12-,19+/m0/s1. The first kappa shape index (κ1) is 16.9. The summed E-state index contributed by atoms with van der Waals surface area (Å²) in [4.78, 5) is 38.7. The van der Waals surface area contributed by atoms with Crippen molar-refractivity contribution in [3.63, 3.8) is 0 Å². The Hall–Kier alpha value is -2.57. The van der Waals surface area contributed by atoms with E-state index in [1.165, 1.54) is 0 Å².